The lowest BCUT2D eigenvalue weighted by Gasteiger charge is -2.29. The molecule has 0 aliphatic heterocycles. The summed E-state index contributed by atoms with van der Waals surface area (Å²) < 4.78 is 37.1. The summed E-state index contributed by atoms with van der Waals surface area (Å²) >= 11 is 0. The van der Waals surface area contributed by atoms with Crippen molar-refractivity contribution in [2.75, 3.05) is 18.6 Å². The third-order valence-electron chi connectivity index (χ3n) is 2.77. The van der Waals surface area contributed by atoms with Gasteiger partial charge in [0.25, 0.3) is 10.1 Å². The third-order valence-corrected chi connectivity index (χ3v) is 4.04. The van der Waals surface area contributed by atoms with Gasteiger partial charge in [-0.3, -0.25) is 4.55 Å². The van der Waals surface area contributed by atoms with Gasteiger partial charge in [0.15, 0.2) is 5.37 Å². The Labute approximate surface area is 108 Å². The summed E-state index contributed by atoms with van der Waals surface area (Å²) in [4.78, 5) is 1.64. The van der Waals surface area contributed by atoms with Crippen LogP contribution in [0.25, 0.3) is 0 Å². The quantitative estimate of drug-likeness (QED) is 0.804. The Bertz CT molecular complexity index is 487. The first kappa shape index (κ1) is 14.8. The molecule has 5 nitrogen and oxygen atoms in total. The number of nitrogens with zero attached hydrogens (tertiary/aromatic N) is 1. The van der Waals surface area contributed by atoms with Crippen molar-refractivity contribution in [1.82, 2.24) is 0 Å². The zero-order valence-corrected chi connectivity index (χ0v) is 11.6. The highest BCUT2D eigenvalue weighted by molar-refractivity contribution is 7.86. The Morgan fingerprint density at radius 3 is 2.50 bits per heavy atom. The molecule has 1 rings (SSSR count). The zero-order chi connectivity index (χ0) is 13.8. The second kappa shape index (κ2) is 6.06. The molecule has 102 valence electrons. The minimum absolute atomic E-state index is 0.309. The van der Waals surface area contributed by atoms with Crippen molar-refractivity contribution in [2.24, 2.45) is 0 Å². The number of rotatable bonds is 6. The van der Waals surface area contributed by atoms with Crippen LogP contribution >= 0.6 is 0 Å². The van der Waals surface area contributed by atoms with E-state index in [2.05, 4.69) is 0 Å². The molecule has 1 aromatic rings. The summed E-state index contributed by atoms with van der Waals surface area (Å²) in [5.41, 5.74) is 0.710. The van der Waals surface area contributed by atoms with Crippen molar-refractivity contribution in [2.45, 2.75) is 25.6 Å². The molecule has 6 heteroatoms. The molecule has 18 heavy (non-hydrogen) atoms. The Morgan fingerprint density at radius 1 is 1.39 bits per heavy atom. The molecule has 0 heterocycles. The maximum Gasteiger partial charge on any atom is 0.286 e. The standard InChI is InChI=1S/C12H19NO4S/c1-4-12(18(14,15)16)13(5-2)10-7-6-8-11(9-10)17-3/h6-9,12H,4-5H2,1-3H3,(H,14,15,16). The van der Waals surface area contributed by atoms with E-state index in [9.17, 15) is 13.0 Å². The van der Waals surface area contributed by atoms with E-state index < -0.39 is 15.5 Å². The average molecular weight is 273 g/mol. The van der Waals surface area contributed by atoms with Crippen LogP contribution in [-0.4, -0.2) is 32.0 Å². The Morgan fingerprint density at radius 2 is 2.06 bits per heavy atom. The molecule has 0 saturated carbocycles. The van der Waals surface area contributed by atoms with E-state index in [0.717, 1.165) is 0 Å². The first-order valence-electron chi connectivity index (χ1n) is 5.81. The van der Waals surface area contributed by atoms with E-state index in [4.69, 9.17) is 4.74 Å². The summed E-state index contributed by atoms with van der Waals surface area (Å²) in [6.07, 6.45) is 0.309. The topological polar surface area (TPSA) is 66.8 Å². The molecule has 0 bridgehead atoms. The molecule has 0 aliphatic carbocycles. The monoisotopic (exact) mass is 273 g/mol. The molecule has 0 spiro atoms. The number of anilines is 1. The van der Waals surface area contributed by atoms with Gasteiger partial charge >= 0.3 is 0 Å². The third kappa shape index (κ3) is 3.36. The minimum atomic E-state index is -4.11. The van der Waals surface area contributed by atoms with E-state index >= 15 is 0 Å². The molecule has 1 aromatic carbocycles. The van der Waals surface area contributed by atoms with Gasteiger partial charge in [-0.05, 0) is 25.5 Å². The maximum atomic E-state index is 11.4. The van der Waals surface area contributed by atoms with Gasteiger partial charge < -0.3 is 9.64 Å². The molecule has 1 atom stereocenters. The van der Waals surface area contributed by atoms with Gasteiger partial charge in [0, 0.05) is 18.3 Å². The molecule has 0 fully saturated rings. The van der Waals surface area contributed by atoms with Crippen molar-refractivity contribution in [3.8, 4) is 5.75 Å². The molecule has 1 unspecified atom stereocenters. The Hall–Kier alpha value is -1.27. The maximum absolute atomic E-state index is 11.4. The second-order valence-corrected chi connectivity index (χ2v) is 5.44. The number of ether oxygens (including phenoxy) is 1. The van der Waals surface area contributed by atoms with E-state index in [-0.39, 0.29) is 0 Å². The van der Waals surface area contributed by atoms with Gasteiger partial charge in [-0.2, -0.15) is 8.42 Å². The van der Waals surface area contributed by atoms with Crippen molar-refractivity contribution in [3.63, 3.8) is 0 Å². The normalized spacial score (nSPS) is 13.1. The fourth-order valence-electron chi connectivity index (χ4n) is 1.93. The van der Waals surface area contributed by atoms with Crippen molar-refractivity contribution in [1.29, 1.82) is 0 Å². The van der Waals surface area contributed by atoms with Gasteiger partial charge in [0.2, 0.25) is 0 Å². The molecule has 1 N–H and O–H groups in total. The molecule has 0 aliphatic rings. The van der Waals surface area contributed by atoms with Gasteiger partial charge in [-0.25, -0.2) is 0 Å². The number of hydrogen-bond donors (Lipinski definition) is 1. The number of benzene rings is 1. The van der Waals surface area contributed by atoms with Gasteiger partial charge in [-0.15, -0.1) is 0 Å². The van der Waals surface area contributed by atoms with Gasteiger partial charge in [0.1, 0.15) is 5.75 Å². The van der Waals surface area contributed by atoms with Crippen LogP contribution in [-0.2, 0) is 10.1 Å². The summed E-state index contributed by atoms with van der Waals surface area (Å²) in [6.45, 7) is 4.04. The first-order chi connectivity index (χ1) is 8.43. The van der Waals surface area contributed by atoms with Crippen LogP contribution < -0.4 is 9.64 Å². The zero-order valence-electron chi connectivity index (χ0n) is 10.8. The van der Waals surface area contributed by atoms with Crippen LogP contribution in [0.15, 0.2) is 24.3 Å². The molecule has 0 saturated heterocycles. The highest BCUT2D eigenvalue weighted by Crippen LogP contribution is 2.25. The summed E-state index contributed by atoms with van der Waals surface area (Å²) in [7, 11) is -2.56. The fourth-order valence-corrected chi connectivity index (χ4v) is 2.95. The summed E-state index contributed by atoms with van der Waals surface area (Å²) in [5, 5.41) is -0.936. The highest BCUT2D eigenvalue weighted by atomic mass is 32.2. The van der Waals surface area contributed by atoms with Crippen molar-refractivity contribution >= 4 is 15.8 Å². The van der Waals surface area contributed by atoms with E-state index in [0.29, 0.717) is 24.4 Å². The second-order valence-electron chi connectivity index (χ2n) is 3.87. The van der Waals surface area contributed by atoms with Crippen LogP contribution in [0.5, 0.6) is 5.75 Å². The summed E-state index contributed by atoms with van der Waals surface area (Å²) in [5.74, 6) is 0.649. The molecular weight excluding hydrogens is 254 g/mol. The SMILES string of the molecule is CCC(N(CC)c1cccc(OC)c1)S(=O)(=O)O. The van der Waals surface area contributed by atoms with Gasteiger partial charge in [-0.1, -0.05) is 13.0 Å². The van der Waals surface area contributed by atoms with Crippen molar-refractivity contribution in [3.05, 3.63) is 24.3 Å². The summed E-state index contributed by atoms with van der Waals surface area (Å²) in [6, 6.07) is 7.11. The lowest BCUT2D eigenvalue weighted by Crippen LogP contribution is -2.40. The Kier molecular flexibility index (Phi) is 4.98. The van der Waals surface area contributed by atoms with Gasteiger partial charge in [0.05, 0.1) is 7.11 Å². The fraction of sp³-hybridized carbons (Fsp3) is 0.500. The lowest BCUT2D eigenvalue weighted by molar-refractivity contribution is 0.414. The van der Waals surface area contributed by atoms with E-state index in [1.54, 1.807) is 43.2 Å². The molecule has 0 radical (unpaired) electrons. The highest BCUT2D eigenvalue weighted by Gasteiger charge is 2.27. The average Bonchev–Trinajstić information content (AvgIpc) is 2.34. The van der Waals surface area contributed by atoms with Crippen LogP contribution in [0, 0.1) is 0 Å². The number of hydrogen-bond acceptors (Lipinski definition) is 4. The molecule has 0 amide bonds. The minimum Gasteiger partial charge on any atom is -0.497 e. The number of methoxy groups -OCH3 is 1. The van der Waals surface area contributed by atoms with Crippen molar-refractivity contribution < 1.29 is 17.7 Å². The van der Waals surface area contributed by atoms with Crippen LogP contribution in [0.3, 0.4) is 0 Å². The predicted octanol–water partition coefficient (Wildman–Crippen LogP) is 2.15. The van der Waals surface area contributed by atoms with E-state index in [1.807, 2.05) is 6.92 Å². The smallest absolute Gasteiger partial charge is 0.286 e. The van der Waals surface area contributed by atoms with E-state index in [1.165, 1.54) is 0 Å². The first-order valence-corrected chi connectivity index (χ1v) is 7.31. The van der Waals surface area contributed by atoms with Crippen LogP contribution in [0.2, 0.25) is 0 Å². The lowest BCUT2D eigenvalue weighted by atomic mass is 10.2. The largest absolute Gasteiger partial charge is 0.497 e. The molecule has 0 aromatic heterocycles. The van der Waals surface area contributed by atoms with Crippen LogP contribution in [0.1, 0.15) is 20.3 Å². The Balaban J connectivity index is 3.15. The predicted molar refractivity (Wildman–Crippen MR) is 71.6 cm³/mol. The van der Waals surface area contributed by atoms with Crippen LogP contribution in [0.4, 0.5) is 5.69 Å². The molecular formula is C12H19NO4S.